The number of carbonyl (C=O) groups is 1. The summed E-state index contributed by atoms with van der Waals surface area (Å²) in [6, 6.07) is 31.2. The first-order chi connectivity index (χ1) is 13.8. The molecule has 0 saturated carbocycles. The van der Waals surface area contributed by atoms with Gasteiger partial charge < -0.3 is 10.6 Å². The second kappa shape index (κ2) is 8.22. The first kappa shape index (κ1) is 17.5. The molecule has 0 unspecified atom stereocenters. The van der Waals surface area contributed by atoms with E-state index in [1.165, 1.54) is 0 Å². The fourth-order valence-corrected chi connectivity index (χ4v) is 2.96. The molecule has 0 radical (unpaired) electrons. The van der Waals surface area contributed by atoms with Crippen molar-refractivity contribution < 1.29 is 4.79 Å². The van der Waals surface area contributed by atoms with E-state index in [9.17, 15) is 4.79 Å². The molecule has 0 spiro atoms. The maximum Gasteiger partial charge on any atom is 0.319 e. The quantitative estimate of drug-likeness (QED) is 0.528. The Morgan fingerprint density at radius 2 is 1.43 bits per heavy atom. The topological polar surface area (TPSA) is 59.0 Å². The minimum atomic E-state index is -0.262. The Morgan fingerprint density at radius 1 is 0.821 bits per heavy atom. The van der Waals surface area contributed by atoms with Crippen LogP contribution in [0.15, 0.2) is 97.1 Å². The summed E-state index contributed by atoms with van der Waals surface area (Å²) in [5.74, 6) is 0. The number of anilines is 1. The number of hydrogen-bond donors (Lipinski definition) is 2. The summed E-state index contributed by atoms with van der Waals surface area (Å²) in [6.07, 6.45) is 0. The highest BCUT2D eigenvalue weighted by Crippen LogP contribution is 2.23. The second-order valence-corrected chi connectivity index (χ2v) is 6.31. The third-order valence-electron chi connectivity index (χ3n) is 4.29. The highest BCUT2D eigenvalue weighted by atomic mass is 16.2. The summed E-state index contributed by atoms with van der Waals surface area (Å²) in [5.41, 5.74) is 4.55. The molecular formula is C23H20N4O. The van der Waals surface area contributed by atoms with Crippen LogP contribution >= 0.6 is 0 Å². The Balaban J connectivity index is 1.55. The second-order valence-electron chi connectivity index (χ2n) is 6.31. The Kier molecular flexibility index (Phi) is 5.15. The summed E-state index contributed by atoms with van der Waals surface area (Å²) in [7, 11) is 0. The minimum Gasteiger partial charge on any atom is -0.332 e. The van der Waals surface area contributed by atoms with Crippen LogP contribution in [-0.4, -0.2) is 15.8 Å². The molecule has 138 valence electrons. The van der Waals surface area contributed by atoms with Crippen molar-refractivity contribution in [1.29, 1.82) is 0 Å². The van der Waals surface area contributed by atoms with Gasteiger partial charge in [-0.15, -0.1) is 0 Å². The number of nitrogens with one attached hydrogen (secondary N) is 2. The molecule has 1 aromatic heterocycles. The molecule has 2 amide bonds. The van der Waals surface area contributed by atoms with Crippen molar-refractivity contribution in [3.8, 4) is 16.9 Å². The minimum absolute atomic E-state index is 0.262. The number of benzene rings is 3. The first-order valence-electron chi connectivity index (χ1n) is 9.09. The summed E-state index contributed by atoms with van der Waals surface area (Å²) in [4.78, 5) is 12.2. The molecule has 5 nitrogen and oxygen atoms in total. The van der Waals surface area contributed by atoms with Gasteiger partial charge >= 0.3 is 6.03 Å². The van der Waals surface area contributed by atoms with Crippen LogP contribution < -0.4 is 10.6 Å². The number of hydrogen-bond acceptors (Lipinski definition) is 2. The molecule has 2 N–H and O–H groups in total. The normalized spacial score (nSPS) is 10.4. The van der Waals surface area contributed by atoms with E-state index in [0.717, 1.165) is 28.3 Å². The number of rotatable bonds is 5. The standard InChI is InChI=1S/C23H20N4O/c28-23(25-19-12-6-2-7-13-19)24-17-20-16-22(18-10-4-1-5-11-18)27(26-20)21-14-8-3-9-15-21/h1-16H,17H2,(H2,24,25,28). The average Bonchev–Trinajstić information content (AvgIpc) is 3.19. The van der Waals surface area contributed by atoms with E-state index < -0.39 is 0 Å². The van der Waals surface area contributed by atoms with Crippen molar-refractivity contribution in [3.05, 3.63) is 103 Å². The van der Waals surface area contributed by atoms with E-state index >= 15 is 0 Å². The molecule has 5 heteroatoms. The smallest absolute Gasteiger partial charge is 0.319 e. The molecule has 0 bridgehead atoms. The zero-order valence-electron chi connectivity index (χ0n) is 15.2. The lowest BCUT2D eigenvalue weighted by Crippen LogP contribution is -2.28. The number of carbonyl (C=O) groups excluding carboxylic acids is 1. The maximum absolute atomic E-state index is 12.2. The van der Waals surface area contributed by atoms with Gasteiger partial charge in [-0.25, -0.2) is 9.48 Å². The largest absolute Gasteiger partial charge is 0.332 e. The molecular weight excluding hydrogens is 348 g/mol. The lowest BCUT2D eigenvalue weighted by molar-refractivity contribution is 0.251. The van der Waals surface area contributed by atoms with E-state index in [-0.39, 0.29) is 6.03 Å². The van der Waals surface area contributed by atoms with Gasteiger partial charge in [0.1, 0.15) is 0 Å². The maximum atomic E-state index is 12.2. The fraction of sp³-hybridized carbons (Fsp3) is 0.0435. The molecule has 4 rings (SSSR count). The lowest BCUT2D eigenvalue weighted by Gasteiger charge is -2.07. The van der Waals surface area contributed by atoms with E-state index in [1.54, 1.807) is 0 Å². The van der Waals surface area contributed by atoms with Crippen molar-refractivity contribution in [2.24, 2.45) is 0 Å². The van der Waals surface area contributed by atoms with E-state index in [2.05, 4.69) is 22.8 Å². The zero-order valence-corrected chi connectivity index (χ0v) is 15.2. The van der Waals surface area contributed by atoms with Gasteiger partial charge in [-0.3, -0.25) is 0 Å². The van der Waals surface area contributed by atoms with Crippen LogP contribution in [-0.2, 0) is 6.54 Å². The van der Waals surface area contributed by atoms with Gasteiger partial charge in [-0.05, 0) is 30.3 Å². The number of amides is 2. The predicted octanol–water partition coefficient (Wildman–Crippen LogP) is 4.86. The van der Waals surface area contributed by atoms with E-state index in [1.807, 2.05) is 89.6 Å². The van der Waals surface area contributed by atoms with Crippen LogP contribution in [0.4, 0.5) is 10.5 Å². The van der Waals surface area contributed by atoms with Gasteiger partial charge in [0, 0.05) is 11.3 Å². The molecule has 0 aliphatic heterocycles. The van der Waals surface area contributed by atoms with Crippen molar-refractivity contribution in [1.82, 2.24) is 15.1 Å². The first-order valence-corrected chi connectivity index (χ1v) is 9.09. The van der Waals surface area contributed by atoms with Crippen LogP contribution in [0.1, 0.15) is 5.69 Å². The van der Waals surface area contributed by atoms with Gasteiger partial charge in [0.2, 0.25) is 0 Å². The molecule has 28 heavy (non-hydrogen) atoms. The Hall–Kier alpha value is -3.86. The molecule has 0 aliphatic carbocycles. The average molecular weight is 368 g/mol. The molecule has 3 aromatic carbocycles. The third kappa shape index (κ3) is 4.10. The van der Waals surface area contributed by atoms with Gasteiger partial charge in [-0.2, -0.15) is 5.10 Å². The summed E-state index contributed by atoms with van der Waals surface area (Å²) >= 11 is 0. The van der Waals surface area contributed by atoms with Crippen molar-refractivity contribution in [3.63, 3.8) is 0 Å². The molecule has 0 atom stereocenters. The van der Waals surface area contributed by atoms with Crippen LogP contribution in [0.5, 0.6) is 0 Å². The zero-order chi connectivity index (χ0) is 19.2. The Bertz CT molecular complexity index is 987. The number of para-hydroxylation sites is 2. The van der Waals surface area contributed by atoms with Gasteiger partial charge in [-0.1, -0.05) is 66.7 Å². The number of aromatic nitrogens is 2. The number of nitrogens with zero attached hydrogens (tertiary/aromatic N) is 2. The van der Waals surface area contributed by atoms with Gasteiger partial charge in [0.25, 0.3) is 0 Å². The van der Waals surface area contributed by atoms with Crippen LogP contribution in [0.25, 0.3) is 16.9 Å². The van der Waals surface area contributed by atoms with Gasteiger partial charge in [0.05, 0.1) is 23.6 Å². The molecule has 0 aliphatic rings. The van der Waals surface area contributed by atoms with Crippen LogP contribution in [0, 0.1) is 0 Å². The Labute approximate surface area is 163 Å². The van der Waals surface area contributed by atoms with Gasteiger partial charge in [0.15, 0.2) is 0 Å². The molecule has 0 saturated heterocycles. The summed E-state index contributed by atoms with van der Waals surface area (Å²) in [6.45, 7) is 0.332. The van der Waals surface area contributed by atoms with Crippen molar-refractivity contribution in [2.75, 3.05) is 5.32 Å². The monoisotopic (exact) mass is 368 g/mol. The highest BCUT2D eigenvalue weighted by molar-refractivity contribution is 5.89. The van der Waals surface area contributed by atoms with Crippen molar-refractivity contribution >= 4 is 11.7 Å². The number of urea groups is 1. The van der Waals surface area contributed by atoms with Crippen LogP contribution in [0.2, 0.25) is 0 Å². The fourth-order valence-electron chi connectivity index (χ4n) is 2.96. The van der Waals surface area contributed by atoms with Crippen LogP contribution in [0.3, 0.4) is 0 Å². The predicted molar refractivity (Wildman–Crippen MR) is 111 cm³/mol. The van der Waals surface area contributed by atoms with E-state index in [0.29, 0.717) is 6.54 Å². The van der Waals surface area contributed by atoms with Crippen molar-refractivity contribution in [2.45, 2.75) is 6.54 Å². The highest BCUT2D eigenvalue weighted by Gasteiger charge is 2.12. The SMILES string of the molecule is O=C(NCc1cc(-c2ccccc2)n(-c2ccccc2)n1)Nc1ccccc1. The third-order valence-corrected chi connectivity index (χ3v) is 4.29. The lowest BCUT2D eigenvalue weighted by atomic mass is 10.1. The molecule has 4 aromatic rings. The Morgan fingerprint density at radius 3 is 2.11 bits per heavy atom. The summed E-state index contributed by atoms with van der Waals surface area (Å²) in [5, 5.41) is 10.4. The molecule has 0 fully saturated rings. The summed E-state index contributed by atoms with van der Waals surface area (Å²) < 4.78 is 1.90. The van der Waals surface area contributed by atoms with E-state index in [4.69, 9.17) is 5.10 Å². The molecule has 1 heterocycles.